The van der Waals surface area contributed by atoms with Crippen LogP contribution in [-0.4, -0.2) is 48.0 Å². The minimum Gasteiger partial charge on any atom is -0.547 e. The molecule has 5 rings (SSSR count). The summed E-state index contributed by atoms with van der Waals surface area (Å²) in [5.74, 6) is -0.149. The Morgan fingerprint density at radius 2 is 1.59 bits per heavy atom. The van der Waals surface area contributed by atoms with Gasteiger partial charge in [-0.2, -0.15) is 0 Å². The molecule has 0 spiro atoms. The van der Waals surface area contributed by atoms with E-state index in [0.717, 1.165) is 33.8 Å². The van der Waals surface area contributed by atoms with Gasteiger partial charge in [-0.25, -0.2) is 9.78 Å². The summed E-state index contributed by atoms with van der Waals surface area (Å²) >= 11 is 0. The Labute approximate surface area is 262 Å². The first kappa shape index (κ1) is 31.3. The minimum absolute atomic E-state index is 0.129. The van der Waals surface area contributed by atoms with Gasteiger partial charge in [0.15, 0.2) is 0 Å². The fourth-order valence-corrected chi connectivity index (χ4v) is 6.93. The maximum absolute atomic E-state index is 14.5. The lowest BCUT2D eigenvalue weighted by molar-refractivity contribution is -0.156. The molecule has 0 N–H and O–H groups in total. The number of nitrogens with zero attached hydrogens (tertiary/aromatic N) is 3. The Bertz CT molecular complexity index is 1560. The van der Waals surface area contributed by atoms with Gasteiger partial charge in [-0.1, -0.05) is 93.6 Å². The highest BCUT2D eigenvalue weighted by Gasteiger charge is 2.41. The van der Waals surface area contributed by atoms with Crippen molar-refractivity contribution in [2.45, 2.75) is 77.7 Å². The predicted octanol–water partition coefficient (Wildman–Crippen LogP) is 6.24. The molecule has 3 aromatic carbocycles. The smallest absolute Gasteiger partial charge is 0.329 e. The van der Waals surface area contributed by atoms with E-state index in [1.54, 1.807) is 11.8 Å². The van der Waals surface area contributed by atoms with Crippen LogP contribution in [0.1, 0.15) is 67.3 Å². The molecule has 1 unspecified atom stereocenters. The number of rotatable bonds is 9. The Kier molecular flexibility index (Phi) is 9.39. The standard InChI is InChI=1S/C36H43N3O4Si/c1-7-42-35(41)30-21-29-28(23-39(30)34(40)32(25-15-10-8-11-16-25)26-17-12-9-13-18-26)37-24-38(29)22-27-19-14-20-31(43-44(5)6)33(27)36(2,3)4/h8-20,24,30,32,44H,7,21-23H2,1-6H3. The van der Waals surface area contributed by atoms with Crippen LogP contribution in [0.2, 0.25) is 13.1 Å². The minimum atomic E-state index is -1.32. The highest BCUT2D eigenvalue weighted by atomic mass is 28.3. The molecule has 1 aliphatic heterocycles. The summed E-state index contributed by atoms with van der Waals surface area (Å²) in [6.45, 7) is 13.8. The summed E-state index contributed by atoms with van der Waals surface area (Å²) in [6, 6.07) is 25.0. The number of aromatic nitrogens is 2. The van der Waals surface area contributed by atoms with Crippen molar-refractivity contribution in [2.24, 2.45) is 0 Å². The Hall–Kier alpha value is -4.17. The molecule has 0 bridgehead atoms. The highest BCUT2D eigenvalue weighted by molar-refractivity contribution is 6.49. The van der Waals surface area contributed by atoms with Gasteiger partial charge in [0.25, 0.3) is 0 Å². The fraction of sp³-hybridized carbons (Fsp3) is 0.361. The third kappa shape index (κ3) is 6.65. The van der Waals surface area contributed by atoms with Crippen LogP contribution in [0.4, 0.5) is 0 Å². The summed E-state index contributed by atoms with van der Waals surface area (Å²) in [5.41, 5.74) is 5.73. The number of carbonyl (C=O) groups excluding carboxylic acids is 2. The Balaban J connectivity index is 1.52. The van der Waals surface area contributed by atoms with Crippen molar-refractivity contribution in [3.05, 3.63) is 119 Å². The van der Waals surface area contributed by atoms with Crippen LogP contribution in [-0.2, 0) is 39.3 Å². The zero-order valence-electron chi connectivity index (χ0n) is 26.6. The van der Waals surface area contributed by atoms with Crippen LogP contribution in [0, 0.1) is 0 Å². The van der Waals surface area contributed by atoms with E-state index in [1.807, 2.05) is 67.0 Å². The number of ether oxygens (including phenoxy) is 1. The number of carbonyl (C=O) groups is 2. The van der Waals surface area contributed by atoms with Crippen molar-refractivity contribution in [2.75, 3.05) is 6.61 Å². The number of benzene rings is 3. The predicted molar refractivity (Wildman–Crippen MR) is 175 cm³/mol. The molecule has 0 radical (unpaired) electrons. The summed E-state index contributed by atoms with van der Waals surface area (Å²) in [7, 11) is -1.32. The molecule has 1 atom stereocenters. The molecule has 2 heterocycles. The molecular formula is C36H43N3O4Si. The van der Waals surface area contributed by atoms with Gasteiger partial charge < -0.3 is 18.6 Å². The lowest BCUT2D eigenvalue weighted by atomic mass is 9.83. The average molecular weight is 610 g/mol. The van der Waals surface area contributed by atoms with Gasteiger partial charge in [0.1, 0.15) is 11.8 Å². The van der Waals surface area contributed by atoms with Gasteiger partial charge in [-0.15, -0.1) is 0 Å². The number of hydrogen-bond donors (Lipinski definition) is 0. The molecule has 0 saturated carbocycles. The van der Waals surface area contributed by atoms with Crippen molar-refractivity contribution in [3.63, 3.8) is 0 Å². The van der Waals surface area contributed by atoms with Crippen LogP contribution in [0.3, 0.4) is 0 Å². The second kappa shape index (κ2) is 13.2. The second-order valence-corrected chi connectivity index (χ2v) is 15.0. The highest BCUT2D eigenvalue weighted by Crippen LogP contribution is 2.37. The van der Waals surface area contributed by atoms with Crippen molar-refractivity contribution < 1.29 is 18.8 Å². The number of imidazole rings is 1. The van der Waals surface area contributed by atoms with Crippen molar-refractivity contribution in [1.29, 1.82) is 0 Å². The molecule has 0 saturated heterocycles. The normalized spacial score (nSPS) is 14.9. The van der Waals surface area contributed by atoms with Crippen LogP contribution >= 0.6 is 0 Å². The molecule has 1 amide bonds. The van der Waals surface area contributed by atoms with E-state index < -0.39 is 27.0 Å². The monoisotopic (exact) mass is 609 g/mol. The van der Waals surface area contributed by atoms with Crippen LogP contribution in [0.5, 0.6) is 5.75 Å². The van der Waals surface area contributed by atoms with E-state index >= 15 is 0 Å². The number of fused-ring (bicyclic) bond motifs is 1. The molecule has 7 nitrogen and oxygen atoms in total. The van der Waals surface area contributed by atoms with Gasteiger partial charge >= 0.3 is 5.97 Å². The van der Waals surface area contributed by atoms with Gasteiger partial charge in [0.05, 0.1) is 31.1 Å². The Morgan fingerprint density at radius 3 is 2.16 bits per heavy atom. The summed E-state index contributed by atoms with van der Waals surface area (Å²) in [5, 5.41) is 0. The summed E-state index contributed by atoms with van der Waals surface area (Å²) in [4.78, 5) is 34.4. The van der Waals surface area contributed by atoms with E-state index in [2.05, 4.69) is 56.6 Å². The molecular weight excluding hydrogens is 566 g/mol. The molecule has 44 heavy (non-hydrogen) atoms. The van der Waals surface area contributed by atoms with E-state index in [0.29, 0.717) is 13.0 Å². The molecule has 230 valence electrons. The lowest BCUT2D eigenvalue weighted by Gasteiger charge is -2.36. The fourth-order valence-electron chi connectivity index (χ4n) is 6.23. The Morgan fingerprint density at radius 1 is 0.955 bits per heavy atom. The topological polar surface area (TPSA) is 73.7 Å². The molecule has 1 aromatic heterocycles. The molecule has 0 aliphatic carbocycles. The zero-order chi connectivity index (χ0) is 31.4. The van der Waals surface area contributed by atoms with Gasteiger partial charge in [-0.05, 0) is 48.2 Å². The number of esters is 1. The van der Waals surface area contributed by atoms with E-state index in [-0.39, 0.29) is 24.5 Å². The van der Waals surface area contributed by atoms with Crippen LogP contribution in [0.15, 0.2) is 85.2 Å². The molecule has 4 aromatic rings. The number of amides is 1. The van der Waals surface area contributed by atoms with Crippen molar-refractivity contribution in [3.8, 4) is 5.75 Å². The largest absolute Gasteiger partial charge is 0.547 e. The lowest BCUT2D eigenvalue weighted by Crippen LogP contribution is -2.51. The van der Waals surface area contributed by atoms with Crippen molar-refractivity contribution >= 4 is 20.9 Å². The SMILES string of the molecule is CCOC(=O)C1Cc2c(ncn2Cc2cccc(O[SiH](C)C)c2C(C)(C)C)CN1C(=O)C(c1ccccc1)c1ccccc1. The maximum atomic E-state index is 14.5. The zero-order valence-corrected chi connectivity index (χ0v) is 27.8. The summed E-state index contributed by atoms with van der Waals surface area (Å²) in [6.07, 6.45) is 2.17. The van der Waals surface area contributed by atoms with Crippen molar-refractivity contribution in [1.82, 2.24) is 14.5 Å². The van der Waals surface area contributed by atoms with E-state index in [4.69, 9.17) is 14.1 Å². The second-order valence-electron chi connectivity index (χ2n) is 12.7. The van der Waals surface area contributed by atoms with Gasteiger partial charge in [0, 0.05) is 24.2 Å². The molecule has 1 aliphatic rings. The first-order chi connectivity index (χ1) is 21.1. The maximum Gasteiger partial charge on any atom is 0.329 e. The van der Waals surface area contributed by atoms with E-state index in [9.17, 15) is 9.59 Å². The average Bonchev–Trinajstić information content (AvgIpc) is 3.38. The van der Waals surface area contributed by atoms with Gasteiger partial charge in [0.2, 0.25) is 14.9 Å². The van der Waals surface area contributed by atoms with Gasteiger partial charge in [-0.3, -0.25) is 4.79 Å². The van der Waals surface area contributed by atoms with Crippen LogP contribution in [0.25, 0.3) is 0 Å². The van der Waals surface area contributed by atoms with Crippen LogP contribution < -0.4 is 4.43 Å². The van der Waals surface area contributed by atoms with E-state index in [1.165, 1.54) is 5.56 Å². The molecule has 0 fully saturated rings. The number of hydrogen-bond acceptors (Lipinski definition) is 5. The first-order valence-corrected chi connectivity index (χ1v) is 18.3. The third-order valence-corrected chi connectivity index (χ3v) is 8.76. The summed E-state index contributed by atoms with van der Waals surface area (Å²) < 4.78 is 14.0. The third-order valence-electron chi connectivity index (χ3n) is 8.04. The molecule has 8 heteroatoms. The quantitative estimate of drug-likeness (QED) is 0.166. The first-order valence-electron chi connectivity index (χ1n) is 15.5.